The molecular weight excluding hydrogens is 639 g/mol. The zero-order chi connectivity index (χ0) is 38.8. The summed E-state index contributed by atoms with van der Waals surface area (Å²) in [6.45, 7) is 12.0. The van der Waals surface area contributed by atoms with Crippen LogP contribution in [0.25, 0.3) is 0 Å². The van der Waals surface area contributed by atoms with Crippen LogP contribution >= 0.6 is 0 Å². The normalized spacial score (nSPS) is 12.3. The van der Waals surface area contributed by atoms with Crippen LogP contribution in [0.15, 0.2) is 0 Å². The van der Waals surface area contributed by atoms with E-state index in [0.29, 0.717) is 0 Å². The highest BCUT2D eigenvalue weighted by atomic mass is 14.8. The standard InChI is InChI=1S/C52H107N/c1-6-9-12-15-18-21-24-27-30-33-36-39-42-45-48-51(4,5)52(53,49-46-43-40-37-34-31-28-25-22-19-16-13-10-7-2)50-47-44-41-38-35-32-29-26-23-20-17-14-11-8-3/h6-50,53H2,1-5H3. The number of nitrogens with two attached hydrogens (primary N) is 1. The lowest BCUT2D eigenvalue weighted by Crippen LogP contribution is -2.52. The summed E-state index contributed by atoms with van der Waals surface area (Å²) in [5, 5.41) is 0. The van der Waals surface area contributed by atoms with E-state index in [4.69, 9.17) is 5.73 Å². The van der Waals surface area contributed by atoms with E-state index in [1.807, 2.05) is 0 Å². The van der Waals surface area contributed by atoms with Gasteiger partial charge in [-0.05, 0) is 24.7 Å². The molecule has 0 aliphatic carbocycles. The summed E-state index contributed by atoms with van der Waals surface area (Å²) in [4.78, 5) is 0. The van der Waals surface area contributed by atoms with Gasteiger partial charge in [0.15, 0.2) is 0 Å². The van der Waals surface area contributed by atoms with Gasteiger partial charge in [-0.3, -0.25) is 0 Å². The van der Waals surface area contributed by atoms with E-state index in [1.54, 1.807) is 0 Å². The van der Waals surface area contributed by atoms with Crippen LogP contribution in [0.5, 0.6) is 0 Å². The van der Waals surface area contributed by atoms with Gasteiger partial charge in [-0.25, -0.2) is 0 Å². The first-order chi connectivity index (χ1) is 25.9. The molecule has 0 fully saturated rings. The van der Waals surface area contributed by atoms with E-state index in [1.165, 1.54) is 289 Å². The highest BCUT2D eigenvalue weighted by Crippen LogP contribution is 2.41. The minimum atomic E-state index is 0.0117. The van der Waals surface area contributed by atoms with Crippen molar-refractivity contribution in [2.45, 2.75) is 329 Å². The maximum Gasteiger partial charge on any atom is 0.0206 e. The number of hydrogen-bond acceptors (Lipinski definition) is 1. The van der Waals surface area contributed by atoms with Crippen molar-refractivity contribution >= 4 is 0 Å². The molecule has 0 spiro atoms. The van der Waals surface area contributed by atoms with Gasteiger partial charge in [0, 0.05) is 5.54 Å². The molecule has 0 radical (unpaired) electrons. The summed E-state index contributed by atoms with van der Waals surface area (Å²) in [6.07, 6.45) is 64.2. The third-order valence-corrected chi connectivity index (χ3v) is 13.5. The lowest BCUT2D eigenvalue weighted by Gasteiger charge is -2.45. The fraction of sp³-hybridized carbons (Fsp3) is 1.00. The maximum absolute atomic E-state index is 7.52. The molecule has 0 saturated carbocycles. The van der Waals surface area contributed by atoms with Crippen molar-refractivity contribution in [2.24, 2.45) is 11.1 Å². The van der Waals surface area contributed by atoms with E-state index in [-0.39, 0.29) is 11.0 Å². The molecule has 0 rings (SSSR count). The van der Waals surface area contributed by atoms with Gasteiger partial charge in [-0.1, -0.05) is 304 Å². The van der Waals surface area contributed by atoms with E-state index in [9.17, 15) is 0 Å². The summed E-state index contributed by atoms with van der Waals surface area (Å²) < 4.78 is 0. The largest absolute Gasteiger partial charge is 0.325 e. The van der Waals surface area contributed by atoms with Crippen LogP contribution in [0.4, 0.5) is 0 Å². The molecule has 0 atom stereocenters. The molecule has 0 unspecified atom stereocenters. The Morgan fingerprint density at radius 1 is 0.226 bits per heavy atom. The first kappa shape index (κ1) is 53.0. The molecule has 320 valence electrons. The molecule has 0 aromatic heterocycles. The molecule has 0 bridgehead atoms. The Hall–Kier alpha value is -0.0400. The molecule has 0 aliphatic heterocycles. The molecule has 0 aromatic rings. The van der Waals surface area contributed by atoms with Gasteiger partial charge in [0.25, 0.3) is 0 Å². The van der Waals surface area contributed by atoms with Crippen molar-refractivity contribution in [1.82, 2.24) is 0 Å². The summed E-state index contributed by atoms with van der Waals surface area (Å²) >= 11 is 0. The third-order valence-electron chi connectivity index (χ3n) is 13.5. The summed E-state index contributed by atoms with van der Waals surface area (Å²) in [7, 11) is 0. The topological polar surface area (TPSA) is 26.0 Å². The zero-order valence-electron chi connectivity index (χ0n) is 38.4. The highest BCUT2D eigenvalue weighted by Gasteiger charge is 2.39. The molecule has 0 aliphatic rings. The first-order valence-electron chi connectivity index (χ1n) is 25.7. The number of unbranched alkanes of at least 4 members (excludes halogenated alkanes) is 39. The van der Waals surface area contributed by atoms with Crippen molar-refractivity contribution < 1.29 is 0 Å². The Morgan fingerprint density at radius 3 is 0.566 bits per heavy atom. The molecular formula is C52H107N. The zero-order valence-corrected chi connectivity index (χ0v) is 38.4. The van der Waals surface area contributed by atoms with E-state index < -0.39 is 0 Å². The van der Waals surface area contributed by atoms with Gasteiger partial charge in [-0.15, -0.1) is 0 Å². The van der Waals surface area contributed by atoms with Gasteiger partial charge < -0.3 is 5.73 Å². The van der Waals surface area contributed by atoms with E-state index in [2.05, 4.69) is 34.6 Å². The van der Waals surface area contributed by atoms with Gasteiger partial charge in [0.05, 0.1) is 0 Å². The van der Waals surface area contributed by atoms with Crippen LogP contribution in [0.3, 0.4) is 0 Å². The highest BCUT2D eigenvalue weighted by molar-refractivity contribution is 4.97. The van der Waals surface area contributed by atoms with E-state index in [0.717, 1.165) is 0 Å². The fourth-order valence-corrected chi connectivity index (χ4v) is 9.08. The van der Waals surface area contributed by atoms with Gasteiger partial charge in [-0.2, -0.15) is 0 Å². The minimum Gasteiger partial charge on any atom is -0.325 e. The fourth-order valence-electron chi connectivity index (χ4n) is 9.08. The second kappa shape index (κ2) is 41.6. The van der Waals surface area contributed by atoms with Crippen LogP contribution in [0.1, 0.15) is 324 Å². The Balaban J connectivity index is 4.35. The second-order valence-electron chi connectivity index (χ2n) is 19.1. The minimum absolute atomic E-state index is 0.0117. The molecule has 0 saturated heterocycles. The summed E-state index contributed by atoms with van der Waals surface area (Å²) in [5.41, 5.74) is 7.78. The van der Waals surface area contributed by atoms with Gasteiger partial charge >= 0.3 is 0 Å². The summed E-state index contributed by atoms with van der Waals surface area (Å²) in [6, 6.07) is 0. The second-order valence-corrected chi connectivity index (χ2v) is 19.1. The summed E-state index contributed by atoms with van der Waals surface area (Å²) in [5.74, 6) is 0. The molecule has 53 heavy (non-hydrogen) atoms. The molecule has 0 aromatic carbocycles. The number of hydrogen-bond donors (Lipinski definition) is 1. The van der Waals surface area contributed by atoms with Crippen LogP contribution < -0.4 is 5.73 Å². The lowest BCUT2D eigenvalue weighted by molar-refractivity contribution is 0.117. The smallest absolute Gasteiger partial charge is 0.0206 e. The maximum atomic E-state index is 7.52. The van der Waals surface area contributed by atoms with E-state index >= 15 is 0 Å². The molecule has 0 amide bonds. The van der Waals surface area contributed by atoms with Crippen molar-refractivity contribution in [3.63, 3.8) is 0 Å². The van der Waals surface area contributed by atoms with Crippen LogP contribution in [-0.2, 0) is 0 Å². The van der Waals surface area contributed by atoms with Crippen LogP contribution in [-0.4, -0.2) is 5.54 Å². The monoisotopic (exact) mass is 746 g/mol. The average Bonchev–Trinajstić information content (AvgIpc) is 3.15. The average molecular weight is 746 g/mol. The molecule has 1 heteroatoms. The van der Waals surface area contributed by atoms with Crippen molar-refractivity contribution in [2.75, 3.05) is 0 Å². The van der Waals surface area contributed by atoms with Crippen LogP contribution in [0.2, 0.25) is 0 Å². The molecule has 0 heterocycles. The predicted molar refractivity (Wildman–Crippen MR) is 245 cm³/mol. The Bertz CT molecular complexity index is 634. The quantitative estimate of drug-likeness (QED) is 0.0617. The van der Waals surface area contributed by atoms with Crippen LogP contribution in [0, 0.1) is 5.41 Å². The SMILES string of the molecule is CCCCCCCCCCCCCCCCC(C)(C)C(N)(CCCCCCCCCCCCCCCC)CCCCCCCCCCCCCCCC. The number of rotatable bonds is 46. The predicted octanol–water partition coefficient (Wildman–Crippen LogP) is 19.3. The molecule has 2 N–H and O–H groups in total. The van der Waals surface area contributed by atoms with Crippen molar-refractivity contribution in [1.29, 1.82) is 0 Å². The van der Waals surface area contributed by atoms with Crippen molar-refractivity contribution in [3.05, 3.63) is 0 Å². The van der Waals surface area contributed by atoms with Gasteiger partial charge in [0.1, 0.15) is 0 Å². The third kappa shape index (κ3) is 36.1. The lowest BCUT2D eigenvalue weighted by atomic mass is 9.65. The molecule has 1 nitrogen and oxygen atoms in total. The first-order valence-corrected chi connectivity index (χ1v) is 25.7. The van der Waals surface area contributed by atoms with Gasteiger partial charge in [0.2, 0.25) is 0 Å². The Kier molecular flexibility index (Phi) is 41.6. The van der Waals surface area contributed by atoms with Crippen molar-refractivity contribution in [3.8, 4) is 0 Å². The Labute approximate surface area is 339 Å². The Morgan fingerprint density at radius 2 is 0.377 bits per heavy atom.